The predicted molar refractivity (Wildman–Crippen MR) is 61.4 cm³/mol. The van der Waals surface area contributed by atoms with Gasteiger partial charge in [0.25, 0.3) is 0 Å². The molecule has 1 rings (SSSR count). The molecule has 2 N–H and O–H groups in total. The van der Waals surface area contributed by atoms with Crippen molar-refractivity contribution in [2.75, 3.05) is 13.7 Å². The summed E-state index contributed by atoms with van der Waals surface area (Å²) in [6.07, 6.45) is -6.50. The molecule has 7 heteroatoms. The second-order valence-corrected chi connectivity index (χ2v) is 3.84. The zero-order valence-electron chi connectivity index (χ0n) is 10.2. The second kappa shape index (κ2) is 6.53. The Kier molecular flexibility index (Phi) is 5.31. The zero-order chi connectivity index (χ0) is 14.5. The Hall–Kier alpha value is -1.60. The van der Waals surface area contributed by atoms with E-state index < -0.39 is 24.8 Å². The number of ether oxygens (including phenoxy) is 1. The molecule has 0 saturated carbocycles. The minimum Gasteiger partial charge on any atom is -0.465 e. The largest absolute Gasteiger partial charge is 0.465 e. The number of carbonyl (C=O) groups is 1. The van der Waals surface area contributed by atoms with E-state index in [4.69, 9.17) is 0 Å². The molecular formula is C12H14F3NO3. The molecule has 0 fully saturated rings. The lowest BCUT2D eigenvalue weighted by molar-refractivity contribution is -0.134. The predicted octanol–water partition coefficient (Wildman–Crippen LogP) is 2.01. The highest BCUT2D eigenvalue weighted by molar-refractivity contribution is 5.89. The van der Waals surface area contributed by atoms with Gasteiger partial charge >= 0.3 is 12.1 Å². The van der Waals surface area contributed by atoms with Crippen LogP contribution in [0.25, 0.3) is 0 Å². The maximum Gasteiger partial charge on any atom is 0.390 e. The molecule has 1 aromatic carbocycles. The van der Waals surface area contributed by atoms with E-state index in [9.17, 15) is 23.1 Å². The van der Waals surface area contributed by atoms with Gasteiger partial charge in [0.2, 0.25) is 0 Å². The highest BCUT2D eigenvalue weighted by Crippen LogP contribution is 2.19. The first-order chi connectivity index (χ1) is 8.83. The summed E-state index contributed by atoms with van der Waals surface area (Å²) < 4.78 is 40.2. The smallest absolute Gasteiger partial charge is 0.390 e. The Bertz CT molecular complexity index is 417. The Morgan fingerprint density at radius 2 is 1.95 bits per heavy atom. The van der Waals surface area contributed by atoms with Gasteiger partial charge in [0.1, 0.15) is 6.23 Å². The third kappa shape index (κ3) is 5.27. The van der Waals surface area contributed by atoms with Crippen LogP contribution in [0.4, 0.5) is 13.2 Å². The van der Waals surface area contributed by atoms with Gasteiger partial charge in [-0.25, -0.2) is 4.79 Å². The molecule has 0 aromatic heterocycles. The maximum atomic E-state index is 11.9. The second-order valence-electron chi connectivity index (χ2n) is 3.84. The number of esters is 1. The lowest BCUT2D eigenvalue weighted by Crippen LogP contribution is -2.26. The molecule has 0 spiro atoms. The van der Waals surface area contributed by atoms with Crippen LogP contribution in [-0.4, -0.2) is 30.9 Å². The lowest BCUT2D eigenvalue weighted by atomic mass is 10.1. The Labute approximate surface area is 108 Å². The number of aliphatic hydroxyl groups excluding tert-OH is 1. The van der Waals surface area contributed by atoms with Gasteiger partial charge in [-0.15, -0.1) is 0 Å². The number of carbonyl (C=O) groups excluding carboxylic acids is 1. The molecule has 0 aliphatic heterocycles. The van der Waals surface area contributed by atoms with E-state index in [2.05, 4.69) is 10.1 Å². The Morgan fingerprint density at radius 3 is 2.42 bits per heavy atom. The Morgan fingerprint density at radius 1 is 1.37 bits per heavy atom. The summed E-state index contributed by atoms with van der Waals surface area (Å²) in [6.45, 7) is -0.385. The number of aliphatic hydroxyl groups is 1. The number of methoxy groups -OCH3 is 1. The molecule has 4 nitrogen and oxygen atoms in total. The van der Waals surface area contributed by atoms with Gasteiger partial charge in [-0.3, -0.25) is 5.32 Å². The first-order valence-corrected chi connectivity index (χ1v) is 5.50. The normalized spacial score (nSPS) is 13.1. The van der Waals surface area contributed by atoms with E-state index in [0.717, 1.165) is 0 Å². The molecule has 1 atom stereocenters. The third-order valence-corrected chi connectivity index (χ3v) is 2.39. The van der Waals surface area contributed by atoms with Crippen molar-refractivity contribution < 1.29 is 27.8 Å². The number of alkyl halides is 3. The van der Waals surface area contributed by atoms with Crippen LogP contribution in [0.15, 0.2) is 24.3 Å². The summed E-state index contributed by atoms with van der Waals surface area (Å²) in [4.78, 5) is 11.2. The molecule has 1 aromatic rings. The van der Waals surface area contributed by atoms with Crippen LogP contribution >= 0.6 is 0 Å². The van der Waals surface area contributed by atoms with Gasteiger partial charge < -0.3 is 9.84 Å². The minimum absolute atomic E-state index is 0.300. The van der Waals surface area contributed by atoms with E-state index in [1.54, 1.807) is 0 Å². The summed E-state index contributed by atoms with van der Waals surface area (Å²) in [7, 11) is 1.24. The maximum absolute atomic E-state index is 11.9. The number of hydrogen-bond acceptors (Lipinski definition) is 4. The molecule has 106 valence electrons. The van der Waals surface area contributed by atoms with Crippen molar-refractivity contribution in [2.45, 2.75) is 18.8 Å². The average molecular weight is 277 g/mol. The first-order valence-electron chi connectivity index (χ1n) is 5.50. The van der Waals surface area contributed by atoms with E-state index in [0.29, 0.717) is 11.1 Å². The van der Waals surface area contributed by atoms with Gasteiger partial charge in [0.05, 0.1) is 19.1 Å². The van der Waals surface area contributed by atoms with Crippen LogP contribution in [0.2, 0.25) is 0 Å². The van der Waals surface area contributed by atoms with Gasteiger partial charge in [0, 0.05) is 6.54 Å². The van der Waals surface area contributed by atoms with Crippen LogP contribution in [0.5, 0.6) is 0 Å². The fourth-order valence-corrected chi connectivity index (χ4v) is 1.39. The zero-order valence-corrected chi connectivity index (χ0v) is 10.2. The number of hydrogen-bond donors (Lipinski definition) is 2. The van der Waals surface area contributed by atoms with Gasteiger partial charge in [0.15, 0.2) is 0 Å². The molecule has 0 amide bonds. The Balaban J connectivity index is 2.53. The van der Waals surface area contributed by atoms with Crippen molar-refractivity contribution in [2.24, 2.45) is 0 Å². The summed E-state index contributed by atoms with van der Waals surface area (Å²) in [5, 5.41) is 11.9. The molecule has 0 heterocycles. The standard InChI is InChI=1S/C12H14F3NO3/c1-19-11(18)9-4-2-8(3-5-9)10(17)16-7-6-12(13,14)15/h2-5,10,16-17H,6-7H2,1H3. The molecule has 0 saturated heterocycles. The van der Waals surface area contributed by atoms with Gasteiger partial charge in [-0.2, -0.15) is 13.2 Å². The summed E-state index contributed by atoms with van der Waals surface area (Å²) >= 11 is 0. The molecule has 0 bridgehead atoms. The number of rotatable bonds is 5. The quantitative estimate of drug-likeness (QED) is 0.638. The minimum atomic E-state index is -4.26. The topological polar surface area (TPSA) is 58.6 Å². The fourth-order valence-electron chi connectivity index (χ4n) is 1.39. The van der Waals surface area contributed by atoms with E-state index in [1.807, 2.05) is 0 Å². The fraction of sp³-hybridized carbons (Fsp3) is 0.417. The van der Waals surface area contributed by atoms with Crippen LogP contribution < -0.4 is 5.32 Å². The van der Waals surface area contributed by atoms with Crippen LogP contribution in [0, 0.1) is 0 Å². The number of nitrogens with one attached hydrogen (secondary N) is 1. The lowest BCUT2D eigenvalue weighted by Gasteiger charge is -2.14. The van der Waals surface area contributed by atoms with Crippen LogP contribution in [-0.2, 0) is 4.74 Å². The van der Waals surface area contributed by atoms with E-state index >= 15 is 0 Å². The monoisotopic (exact) mass is 277 g/mol. The van der Waals surface area contributed by atoms with E-state index in [-0.39, 0.29) is 6.54 Å². The van der Waals surface area contributed by atoms with Crippen LogP contribution in [0.3, 0.4) is 0 Å². The SMILES string of the molecule is COC(=O)c1ccc(C(O)NCCC(F)(F)F)cc1. The van der Waals surface area contributed by atoms with Crippen LogP contribution in [0.1, 0.15) is 28.6 Å². The number of halogens is 3. The third-order valence-electron chi connectivity index (χ3n) is 2.39. The molecule has 1 unspecified atom stereocenters. The van der Waals surface area contributed by atoms with E-state index in [1.165, 1.54) is 31.4 Å². The average Bonchev–Trinajstić information content (AvgIpc) is 2.36. The first kappa shape index (κ1) is 15.5. The van der Waals surface area contributed by atoms with Gasteiger partial charge in [-0.1, -0.05) is 12.1 Å². The molecule has 19 heavy (non-hydrogen) atoms. The van der Waals surface area contributed by atoms with Crippen molar-refractivity contribution in [3.05, 3.63) is 35.4 Å². The van der Waals surface area contributed by atoms with Gasteiger partial charge in [-0.05, 0) is 17.7 Å². The summed E-state index contributed by atoms with van der Waals surface area (Å²) in [5.74, 6) is -0.522. The molecule has 0 radical (unpaired) electrons. The highest BCUT2D eigenvalue weighted by Gasteiger charge is 2.26. The highest BCUT2D eigenvalue weighted by atomic mass is 19.4. The van der Waals surface area contributed by atoms with Crippen molar-refractivity contribution >= 4 is 5.97 Å². The molecule has 0 aliphatic carbocycles. The van der Waals surface area contributed by atoms with Crippen molar-refractivity contribution in [3.63, 3.8) is 0 Å². The van der Waals surface area contributed by atoms with Crippen molar-refractivity contribution in [1.29, 1.82) is 0 Å². The number of benzene rings is 1. The molecular weight excluding hydrogens is 263 g/mol. The van der Waals surface area contributed by atoms with Crippen molar-refractivity contribution in [1.82, 2.24) is 5.32 Å². The molecule has 0 aliphatic rings. The summed E-state index contributed by atoms with van der Waals surface area (Å²) in [5.41, 5.74) is 0.670. The van der Waals surface area contributed by atoms with Crippen molar-refractivity contribution in [3.8, 4) is 0 Å². The summed E-state index contributed by atoms with van der Waals surface area (Å²) in [6, 6.07) is 5.74.